The van der Waals surface area contributed by atoms with Crippen molar-refractivity contribution in [2.24, 2.45) is 11.8 Å². The van der Waals surface area contributed by atoms with Crippen molar-refractivity contribution in [1.29, 1.82) is 0 Å². The molecule has 8 heterocycles. The van der Waals surface area contributed by atoms with Crippen LogP contribution >= 0.6 is 45.3 Å². The molecule has 4 aromatic heterocycles. The molecule has 8 atom stereocenters. The van der Waals surface area contributed by atoms with Gasteiger partial charge in [-0.3, -0.25) is 53.2 Å². The number of aromatic nitrogens is 4. The van der Waals surface area contributed by atoms with Crippen LogP contribution in [0.15, 0.2) is 70.1 Å². The van der Waals surface area contributed by atoms with Gasteiger partial charge in [0, 0.05) is 130 Å². The standard InChI is InChI=1S/C39H51N7O9S2.C35H41N5O10S2.C3H8O/c1-38(2,3)54-36(51)45-18-22(15-28(45)32-41-26(20-56-32)34(49)43(7)8)16-30(47)23-11-13-24(14-12-23)31(48)40-25-17-29(46(19-25)37(52)55-39(4,5)6)33-42-27(21-57-33)35(50)44(9)53-10;1-34(2,3)49-32(47)39-14-18(11-24(39)28-37-22(16-51-28)30(43)44)12-26(41)19-7-9-20(10-8-19)27(42)36-21-13-25(29-38-23(17-52-29)31(45)46)40(15-21)33(48)50-35(4,5)6;1-3-4-2/h11-14,20-22,25,28-29H,15-19H2,1-10H3,(H,40,48);7-10,16-18,21,24-25H,11-15H2,1-6H3,(H,36,42)(H,43,44)(H,45,46);3H2,1-2H3/t22-,25+,28+,29+;18-,21+,24+,25+;/m11./s1. The summed E-state index contributed by atoms with van der Waals surface area (Å²) in [7, 11) is 7.82. The van der Waals surface area contributed by atoms with Crippen LogP contribution in [0.25, 0.3) is 0 Å². The van der Waals surface area contributed by atoms with Crippen molar-refractivity contribution in [3.05, 3.63) is 135 Å². The molecule has 0 saturated carbocycles. The fourth-order valence-electron chi connectivity index (χ4n) is 12.6. The Labute approximate surface area is 671 Å². The Balaban J connectivity index is 0.000000271. The molecule has 4 aliphatic rings. The number of carbonyl (C=O) groups excluding carboxylic acids is 10. The number of nitrogens with one attached hydrogen (secondary N) is 2. The van der Waals surface area contributed by atoms with Gasteiger partial charge in [0.05, 0.1) is 31.3 Å². The first-order chi connectivity index (χ1) is 52.8. The first-order valence-electron chi connectivity index (χ1n) is 36.5. The van der Waals surface area contributed by atoms with Crippen LogP contribution in [0.2, 0.25) is 0 Å². The zero-order chi connectivity index (χ0) is 83.5. The number of ketones is 2. The number of hydrogen-bond acceptors (Lipinski definition) is 26. The summed E-state index contributed by atoms with van der Waals surface area (Å²) < 4.78 is 27.1. The summed E-state index contributed by atoms with van der Waals surface area (Å²) in [5.74, 6) is -4.64. The Morgan fingerprint density at radius 1 is 0.434 bits per heavy atom. The summed E-state index contributed by atoms with van der Waals surface area (Å²) in [6, 6.07) is 9.44. The average Bonchev–Trinajstić information content (AvgIpc) is 1.66. The highest BCUT2D eigenvalue weighted by molar-refractivity contribution is 7.10. The first-order valence-corrected chi connectivity index (χ1v) is 40.0. The number of hydroxylamine groups is 2. The van der Waals surface area contributed by atoms with Crippen LogP contribution in [-0.4, -0.2) is 234 Å². The number of ether oxygens (including phenoxy) is 5. The van der Waals surface area contributed by atoms with Crippen LogP contribution in [0.4, 0.5) is 19.2 Å². The van der Waals surface area contributed by atoms with Gasteiger partial charge in [-0.25, -0.2) is 53.8 Å². The molecular weight excluding hydrogens is 1540 g/mol. The number of likely N-dealkylation sites (tertiary alicyclic amines) is 4. The van der Waals surface area contributed by atoms with Gasteiger partial charge in [-0.2, -0.15) is 0 Å². The van der Waals surface area contributed by atoms with E-state index in [-0.39, 0.29) is 97.7 Å². The van der Waals surface area contributed by atoms with Gasteiger partial charge in [-0.15, -0.1) is 45.3 Å². The molecule has 32 nitrogen and oxygen atoms in total. The summed E-state index contributed by atoms with van der Waals surface area (Å²) in [5, 5.41) is 33.8. The van der Waals surface area contributed by atoms with Gasteiger partial charge in [0.1, 0.15) is 53.8 Å². The number of methoxy groups -OCH3 is 1. The van der Waals surface area contributed by atoms with Gasteiger partial charge < -0.3 is 49.4 Å². The van der Waals surface area contributed by atoms with E-state index in [1.807, 2.05) is 6.92 Å². The third-order valence-corrected chi connectivity index (χ3v) is 21.6. The van der Waals surface area contributed by atoms with Crippen LogP contribution in [-0.2, 0) is 28.5 Å². The zero-order valence-corrected chi connectivity index (χ0v) is 69.9. The maximum Gasteiger partial charge on any atom is 0.410 e. The Morgan fingerprint density at radius 2 is 0.708 bits per heavy atom. The Morgan fingerprint density at radius 3 is 0.982 bits per heavy atom. The summed E-state index contributed by atoms with van der Waals surface area (Å²) in [5.41, 5.74) is -1.41. The van der Waals surface area contributed by atoms with E-state index in [1.165, 1.54) is 79.3 Å². The second-order valence-electron chi connectivity index (χ2n) is 31.7. The number of aromatic carboxylic acids is 2. The van der Waals surface area contributed by atoms with Crippen molar-refractivity contribution < 1.29 is 96.3 Å². The predicted octanol–water partition coefficient (Wildman–Crippen LogP) is 12.7. The Kier molecular flexibility index (Phi) is 29.3. The molecular formula is C77H100N12O20S4. The molecule has 0 radical (unpaired) electrons. The summed E-state index contributed by atoms with van der Waals surface area (Å²) in [6.45, 7) is 24.6. The molecule has 612 valence electrons. The monoisotopic (exact) mass is 1640 g/mol. The molecule has 4 N–H and O–H groups in total. The lowest BCUT2D eigenvalue weighted by Crippen LogP contribution is -2.40. The van der Waals surface area contributed by atoms with E-state index in [9.17, 15) is 67.7 Å². The maximum absolute atomic E-state index is 13.6. The fraction of sp³-hybridized carbons (Fsp3) is 0.532. The van der Waals surface area contributed by atoms with Crippen LogP contribution in [0.3, 0.4) is 0 Å². The fourth-order valence-corrected chi connectivity index (χ4v) is 16.3. The van der Waals surface area contributed by atoms with Crippen molar-refractivity contribution in [1.82, 2.24) is 60.1 Å². The van der Waals surface area contributed by atoms with Gasteiger partial charge in [0.25, 0.3) is 23.6 Å². The van der Waals surface area contributed by atoms with E-state index in [0.717, 1.165) is 34.3 Å². The number of carboxylic acid groups (broad SMARTS) is 2. The van der Waals surface area contributed by atoms with Gasteiger partial charge >= 0.3 is 36.3 Å². The molecule has 10 rings (SSSR count). The highest BCUT2D eigenvalue weighted by atomic mass is 32.1. The van der Waals surface area contributed by atoms with E-state index >= 15 is 0 Å². The quantitative estimate of drug-likeness (QED) is 0.0313. The number of benzene rings is 2. The minimum absolute atomic E-state index is 0.100. The summed E-state index contributed by atoms with van der Waals surface area (Å²) in [4.78, 5) is 185. The second kappa shape index (κ2) is 37.4. The Bertz CT molecular complexity index is 4300. The van der Waals surface area contributed by atoms with Crippen LogP contribution < -0.4 is 10.6 Å². The minimum atomic E-state index is -1.18. The van der Waals surface area contributed by atoms with E-state index < -0.39 is 107 Å². The molecule has 8 amide bonds. The third-order valence-electron chi connectivity index (χ3n) is 17.8. The summed E-state index contributed by atoms with van der Waals surface area (Å²) in [6.07, 6.45) is -0.553. The van der Waals surface area contributed by atoms with E-state index in [2.05, 4.69) is 35.3 Å². The first kappa shape index (κ1) is 88.7. The lowest BCUT2D eigenvalue weighted by molar-refractivity contribution is -0.0760. The summed E-state index contributed by atoms with van der Waals surface area (Å²) >= 11 is 4.78. The average molecular weight is 1640 g/mol. The molecule has 4 saturated heterocycles. The lowest BCUT2D eigenvalue weighted by atomic mass is 9.95. The number of carbonyl (C=O) groups is 12. The number of hydrogen-bond donors (Lipinski definition) is 4. The molecule has 0 aliphatic carbocycles. The van der Waals surface area contributed by atoms with Gasteiger partial charge in [0.15, 0.2) is 23.0 Å². The highest BCUT2D eigenvalue weighted by Crippen LogP contribution is 2.43. The van der Waals surface area contributed by atoms with Gasteiger partial charge in [0.2, 0.25) is 0 Å². The smallest absolute Gasteiger partial charge is 0.410 e. The van der Waals surface area contributed by atoms with Crippen molar-refractivity contribution in [2.45, 2.75) is 187 Å². The number of rotatable bonds is 20. The SMILES string of the molecule is CC(C)(C)OC(=O)N1C[C@@H](CC(=O)c2ccc(C(=O)N[C@H]3C[C@@H](c4nc(C(=O)O)cs4)N(C(=O)OC(C)(C)C)C3)cc2)C[C@H]1c1nc(C(=O)O)cs1.CCOC.CON(C)C(=O)c1csc([C@@H]2C[C@H](NC(=O)c3ccc(C(=O)C[C@H]4C[C@@H](c5nc(C(=O)N(C)C)cs5)N(C(=O)OC(C)(C)C)C4)cc3)CN2C(=O)OC(C)(C)C)n1. The maximum atomic E-state index is 13.6. The molecule has 4 aliphatic heterocycles. The zero-order valence-electron chi connectivity index (χ0n) is 66.7. The molecule has 0 spiro atoms. The van der Waals surface area contributed by atoms with Crippen molar-refractivity contribution >= 4 is 117 Å². The number of thiazole rings is 4. The topological polar surface area (TPSA) is 396 Å². The van der Waals surface area contributed by atoms with Crippen molar-refractivity contribution in [2.75, 3.05) is 68.1 Å². The molecule has 0 bridgehead atoms. The molecule has 4 fully saturated rings. The number of amides is 8. The van der Waals surface area contributed by atoms with Crippen LogP contribution in [0.5, 0.6) is 0 Å². The van der Waals surface area contributed by atoms with Crippen molar-refractivity contribution in [3.8, 4) is 0 Å². The molecule has 113 heavy (non-hydrogen) atoms. The van der Waals surface area contributed by atoms with E-state index in [1.54, 1.807) is 156 Å². The highest BCUT2D eigenvalue weighted by Gasteiger charge is 2.46. The molecule has 6 aromatic rings. The minimum Gasteiger partial charge on any atom is -0.476 e. The van der Waals surface area contributed by atoms with Gasteiger partial charge in [-0.1, -0.05) is 24.3 Å². The van der Waals surface area contributed by atoms with E-state index in [0.29, 0.717) is 67.2 Å². The second-order valence-corrected chi connectivity index (χ2v) is 35.2. The molecule has 0 unspecified atom stereocenters. The molecule has 2 aromatic carbocycles. The predicted molar refractivity (Wildman–Crippen MR) is 419 cm³/mol. The third kappa shape index (κ3) is 24.3. The van der Waals surface area contributed by atoms with E-state index in [4.69, 9.17) is 23.8 Å². The largest absolute Gasteiger partial charge is 0.476 e. The number of Topliss-reactive ketones (excluding diaryl/α,β-unsaturated/α-hetero) is 2. The van der Waals surface area contributed by atoms with Crippen LogP contribution in [0, 0.1) is 11.8 Å². The van der Waals surface area contributed by atoms with Gasteiger partial charge in [-0.05, 0) is 152 Å². The molecule has 36 heteroatoms. The van der Waals surface area contributed by atoms with Crippen LogP contribution in [0.1, 0.15) is 256 Å². The number of carboxylic acids is 2. The number of nitrogens with zero attached hydrogens (tertiary/aromatic N) is 10. The Hall–Kier alpha value is -9.88. The lowest BCUT2D eigenvalue weighted by Gasteiger charge is -2.27. The normalized spacial score (nSPS) is 19.6. The van der Waals surface area contributed by atoms with Crippen molar-refractivity contribution in [3.63, 3.8) is 0 Å².